The molecule has 0 saturated carbocycles. The maximum atomic E-state index is 12.0. The molecule has 0 fully saturated rings. The fourth-order valence-corrected chi connectivity index (χ4v) is 3.91. The third kappa shape index (κ3) is 3.59. The number of carbonyl (C=O) groups is 1. The van der Waals surface area contributed by atoms with Gasteiger partial charge in [-0.3, -0.25) is 4.79 Å². The molecule has 0 aliphatic rings. The van der Waals surface area contributed by atoms with Crippen LogP contribution in [0, 0.1) is 20.8 Å². The molecule has 0 heterocycles. The molecule has 5 nitrogen and oxygen atoms in total. The third-order valence-electron chi connectivity index (χ3n) is 5.58. The normalized spacial score (nSPS) is 10.7. The average molecular weight is 406 g/mol. The van der Waals surface area contributed by atoms with Crippen molar-refractivity contribution in [3.8, 4) is 34.1 Å². The Balaban J connectivity index is 2.35. The molecule has 0 bridgehead atoms. The minimum atomic E-state index is -0.403. The second-order valence-electron chi connectivity index (χ2n) is 7.32. The Morgan fingerprint density at radius 3 is 2.20 bits per heavy atom. The third-order valence-corrected chi connectivity index (χ3v) is 5.58. The van der Waals surface area contributed by atoms with Gasteiger partial charge in [0, 0.05) is 23.6 Å². The monoisotopic (exact) mass is 406 g/mol. The molecule has 0 spiro atoms. The molecule has 0 aliphatic heterocycles. The van der Waals surface area contributed by atoms with Crippen LogP contribution in [-0.2, 0) is 6.42 Å². The predicted octanol–water partition coefficient (Wildman–Crippen LogP) is 5.11. The van der Waals surface area contributed by atoms with Gasteiger partial charge in [0.1, 0.15) is 11.5 Å². The molecule has 3 aromatic carbocycles. The van der Waals surface area contributed by atoms with Gasteiger partial charge in [0.2, 0.25) is 0 Å². The zero-order valence-electron chi connectivity index (χ0n) is 17.9. The summed E-state index contributed by atoms with van der Waals surface area (Å²) >= 11 is 0. The fraction of sp³-hybridized carbons (Fsp3) is 0.240. The van der Waals surface area contributed by atoms with E-state index in [1.807, 2.05) is 44.2 Å². The van der Waals surface area contributed by atoms with E-state index in [4.69, 9.17) is 9.47 Å². The lowest BCUT2D eigenvalue weighted by atomic mass is 9.84. The van der Waals surface area contributed by atoms with Gasteiger partial charge in [-0.25, -0.2) is 0 Å². The minimum Gasteiger partial charge on any atom is -0.504 e. The van der Waals surface area contributed by atoms with Crippen LogP contribution in [0.25, 0.3) is 11.1 Å². The molecule has 0 radical (unpaired) electrons. The van der Waals surface area contributed by atoms with E-state index in [9.17, 15) is 15.0 Å². The molecule has 0 amide bonds. The van der Waals surface area contributed by atoms with E-state index in [1.165, 1.54) is 0 Å². The number of aryl methyl sites for hydroxylation is 2. The van der Waals surface area contributed by atoms with Gasteiger partial charge in [-0.2, -0.15) is 0 Å². The Hall–Kier alpha value is -3.47. The van der Waals surface area contributed by atoms with Crippen molar-refractivity contribution in [3.63, 3.8) is 0 Å². The number of carbonyl (C=O) groups excluding carboxylic acids is 1. The van der Waals surface area contributed by atoms with Crippen LogP contribution >= 0.6 is 0 Å². The number of phenols is 2. The molecule has 0 atom stereocenters. The van der Waals surface area contributed by atoms with Crippen molar-refractivity contribution in [2.24, 2.45) is 0 Å². The van der Waals surface area contributed by atoms with E-state index in [0.717, 1.165) is 27.8 Å². The van der Waals surface area contributed by atoms with Crippen LogP contribution in [0.3, 0.4) is 0 Å². The van der Waals surface area contributed by atoms with Crippen molar-refractivity contribution in [2.45, 2.75) is 27.2 Å². The Labute approximate surface area is 176 Å². The maximum absolute atomic E-state index is 12.0. The lowest BCUT2D eigenvalue weighted by molar-refractivity contribution is 0.111. The summed E-state index contributed by atoms with van der Waals surface area (Å²) in [4.78, 5) is 12.0. The van der Waals surface area contributed by atoms with Crippen molar-refractivity contribution >= 4 is 6.29 Å². The molecule has 3 aromatic rings. The summed E-state index contributed by atoms with van der Waals surface area (Å²) in [6.45, 7) is 5.66. The van der Waals surface area contributed by atoms with Crippen LogP contribution in [0.15, 0.2) is 36.4 Å². The van der Waals surface area contributed by atoms with Crippen LogP contribution in [0.5, 0.6) is 23.0 Å². The van der Waals surface area contributed by atoms with Crippen molar-refractivity contribution in [1.82, 2.24) is 0 Å². The van der Waals surface area contributed by atoms with E-state index in [1.54, 1.807) is 27.2 Å². The Kier molecular flexibility index (Phi) is 6.01. The summed E-state index contributed by atoms with van der Waals surface area (Å²) in [5.41, 5.74) is 5.68. The van der Waals surface area contributed by atoms with E-state index in [-0.39, 0.29) is 11.3 Å². The quantitative estimate of drug-likeness (QED) is 0.439. The van der Waals surface area contributed by atoms with Gasteiger partial charge >= 0.3 is 0 Å². The van der Waals surface area contributed by atoms with Crippen molar-refractivity contribution in [3.05, 3.63) is 69.8 Å². The zero-order chi connectivity index (χ0) is 22.0. The summed E-state index contributed by atoms with van der Waals surface area (Å²) < 4.78 is 10.9. The first-order chi connectivity index (χ1) is 14.3. The lowest BCUT2D eigenvalue weighted by Gasteiger charge is -2.21. The standard InChI is InChI=1S/C25H26O5/c1-14-8-6-7-9-18(14)23-16(3)24(27)25(28)21(13-26)20(23)12-19-15(2)10-17(29-4)11-22(19)30-5/h6-11,13,27-28H,12H2,1-5H3. The number of benzene rings is 3. The molecule has 0 aromatic heterocycles. The topological polar surface area (TPSA) is 76.0 Å². The molecule has 3 rings (SSSR count). The number of hydrogen-bond donors (Lipinski definition) is 2. The van der Waals surface area contributed by atoms with Crippen LogP contribution in [0.1, 0.15) is 38.2 Å². The van der Waals surface area contributed by atoms with Crippen LogP contribution in [0.2, 0.25) is 0 Å². The predicted molar refractivity (Wildman–Crippen MR) is 117 cm³/mol. The smallest absolute Gasteiger partial charge is 0.168 e. The summed E-state index contributed by atoms with van der Waals surface area (Å²) in [6.07, 6.45) is 0.933. The number of aldehydes is 1. The molecular formula is C25H26O5. The zero-order valence-corrected chi connectivity index (χ0v) is 17.9. The largest absolute Gasteiger partial charge is 0.504 e. The Bertz CT molecular complexity index is 1120. The van der Waals surface area contributed by atoms with Crippen LogP contribution < -0.4 is 9.47 Å². The van der Waals surface area contributed by atoms with Crippen molar-refractivity contribution < 1.29 is 24.5 Å². The summed E-state index contributed by atoms with van der Waals surface area (Å²) in [7, 11) is 3.18. The number of rotatable bonds is 6. The van der Waals surface area contributed by atoms with Gasteiger partial charge < -0.3 is 19.7 Å². The van der Waals surface area contributed by atoms with Gasteiger partial charge in [0.05, 0.1) is 19.8 Å². The molecule has 5 heteroatoms. The lowest BCUT2D eigenvalue weighted by Crippen LogP contribution is -2.05. The molecular weight excluding hydrogens is 380 g/mol. The molecule has 156 valence electrons. The SMILES string of the molecule is COc1cc(C)c(Cc2c(C=O)c(O)c(O)c(C)c2-c2ccccc2C)c(OC)c1. The first kappa shape index (κ1) is 21.2. The van der Waals surface area contributed by atoms with Gasteiger partial charge in [-0.1, -0.05) is 24.3 Å². The first-order valence-electron chi connectivity index (χ1n) is 9.64. The molecule has 0 saturated heterocycles. The van der Waals surface area contributed by atoms with E-state index >= 15 is 0 Å². The highest BCUT2D eigenvalue weighted by Gasteiger charge is 2.24. The highest BCUT2D eigenvalue weighted by Crippen LogP contribution is 2.45. The summed E-state index contributed by atoms with van der Waals surface area (Å²) in [5.74, 6) is 0.620. The van der Waals surface area contributed by atoms with Crippen LogP contribution in [0.4, 0.5) is 0 Å². The average Bonchev–Trinajstić information content (AvgIpc) is 2.74. The number of methoxy groups -OCH3 is 2. The Morgan fingerprint density at radius 1 is 0.900 bits per heavy atom. The van der Waals surface area contributed by atoms with Crippen molar-refractivity contribution in [1.29, 1.82) is 0 Å². The second kappa shape index (κ2) is 8.49. The highest BCUT2D eigenvalue weighted by atomic mass is 16.5. The van der Waals surface area contributed by atoms with E-state index in [2.05, 4.69) is 0 Å². The molecule has 30 heavy (non-hydrogen) atoms. The maximum Gasteiger partial charge on any atom is 0.168 e. The van der Waals surface area contributed by atoms with Gasteiger partial charge in [-0.15, -0.1) is 0 Å². The van der Waals surface area contributed by atoms with Crippen LogP contribution in [-0.4, -0.2) is 30.7 Å². The first-order valence-corrected chi connectivity index (χ1v) is 9.64. The second-order valence-corrected chi connectivity index (χ2v) is 7.32. The van der Waals surface area contributed by atoms with Gasteiger partial charge in [0.15, 0.2) is 17.8 Å². The number of aromatic hydroxyl groups is 2. The molecule has 0 unspecified atom stereocenters. The number of hydrogen-bond acceptors (Lipinski definition) is 5. The summed E-state index contributed by atoms with van der Waals surface area (Å²) in [6, 6.07) is 11.5. The summed E-state index contributed by atoms with van der Waals surface area (Å²) in [5, 5.41) is 21.0. The van der Waals surface area contributed by atoms with Gasteiger partial charge in [0.25, 0.3) is 0 Å². The van der Waals surface area contributed by atoms with E-state index < -0.39 is 5.75 Å². The molecule has 2 N–H and O–H groups in total. The highest BCUT2D eigenvalue weighted by molar-refractivity contribution is 5.91. The minimum absolute atomic E-state index is 0.0774. The molecule has 0 aliphatic carbocycles. The fourth-order valence-electron chi connectivity index (χ4n) is 3.91. The number of phenolic OH excluding ortho intramolecular Hbond substituents is 2. The Morgan fingerprint density at radius 2 is 1.60 bits per heavy atom. The van der Waals surface area contributed by atoms with E-state index in [0.29, 0.717) is 35.3 Å². The van der Waals surface area contributed by atoms with Gasteiger partial charge in [-0.05, 0) is 54.7 Å². The number of ether oxygens (including phenoxy) is 2. The van der Waals surface area contributed by atoms with Crippen molar-refractivity contribution in [2.75, 3.05) is 14.2 Å².